The lowest BCUT2D eigenvalue weighted by molar-refractivity contribution is -0.146. The minimum Gasteiger partial charge on any atom is -0.414 e. The molecule has 20 heavy (non-hydrogen) atoms. The van der Waals surface area contributed by atoms with Gasteiger partial charge in [0, 0.05) is 5.57 Å². The van der Waals surface area contributed by atoms with Gasteiger partial charge in [-0.25, -0.2) is 9.59 Å². The van der Waals surface area contributed by atoms with Crippen LogP contribution in [-0.4, -0.2) is 17.7 Å². The number of ether oxygens (including phenoxy) is 2. The fraction of sp³-hybridized carbons (Fsp3) is 0.250. The quantitative estimate of drug-likeness (QED) is 0.537. The molecule has 2 bridgehead atoms. The highest BCUT2D eigenvalue weighted by atomic mass is 16.7. The molecule has 0 amide bonds. The van der Waals surface area contributed by atoms with Gasteiger partial charge >= 0.3 is 11.9 Å². The SMILES string of the molecule is C=C1CCC(=C)C2(C1)OC(=O)c1ccc(cc1)C(=O)O2. The van der Waals surface area contributed by atoms with Gasteiger partial charge in [-0.2, -0.15) is 0 Å². The molecule has 1 fully saturated rings. The van der Waals surface area contributed by atoms with Gasteiger partial charge in [0.05, 0.1) is 17.5 Å². The molecule has 0 unspecified atom stereocenters. The number of hydrogen-bond acceptors (Lipinski definition) is 4. The molecule has 0 radical (unpaired) electrons. The third-order valence-corrected chi connectivity index (χ3v) is 3.67. The summed E-state index contributed by atoms with van der Waals surface area (Å²) >= 11 is 0. The van der Waals surface area contributed by atoms with E-state index in [1.165, 1.54) is 0 Å². The molecule has 102 valence electrons. The molecule has 1 aromatic carbocycles. The minimum atomic E-state index is -1.42. The van der Waals surface area contributed by atoms with Gasteiger partial charge in [-0.05, 0) is 37.1 Å². The second-order valence-corrected chi connectivity index (χ2v) is 5.14. The number of fused-ring (bicyclic) bond motifs is 4. The first-order valence-electron chi connectivity index (χ1n) is 6.42. The van der Waals surface area contributed by atoms with Crippen molar-refractivity contribution in [1.82, 2.24) is 0 Å². The van der Waals surface area contributed by atoms with E-state index in [1.807, 2.05) is 0 Å². The van der Waals surface area contributed by atoms with E-state index in [2.05, 4.69) is 13.2 Å². The normalized spacial score (nSPS) is 21.0. The van der Waals surface area contributed by atoms with Crippen LogP contribution in [0.3, 0.4) is 0 Å². The van der Waals surface area contributed by atoms with E-state index in [4.69, 9.17) is 9.47 Å². The minimum absolute atomic E-state index is 0.268. The second kappa shape index (κ2) is 4.34. The molecule has 4 nitrogen and oxygen atoms in total. The van der Waals surface area contributed by atoms with E-state index < -0.39 is 17.7 Å². The van der Waals surface area contributed by atoms with Crippen LogP contribution in [0.1, 0.15) is 40.0 Å². The van der Waals surface area contributed by atoms with Crippen LogP contribution in [0.2, 0.25) is 0 Å². The van der Waals surface area contributed by atoms with Crippen LogP contribution in [0.4, 0.5) is 0 Å². The van der Waals surface area contributed by atoms with E-state index in [0.29, 0.717) is 23.1 Å². The van der Waals surface area contributed by atoms with E-state index in [0.717, 1.165) is 12.0 Å². The Morgan fingerprint density at radius 2 is 1.40 bits per heavy atom. The summed E-state index contributed by atoms with van der Waals surface area (Å²) in [6.45, 7) is 7.82. The van der Waals surface area contributed by atoms with Gasteiger partial charge in [0.15, 0.2) is 0 Å². The van der Waals surface area contributed by atoms with Gasteiger partial charge < -0.3 is 9.47 Å². The summed E-state index contributed by atoms with van der Waals surface area (Å²) < 4.78 is 11.0. The first-order chi connectivity index (χ1) is 9.50. The molecule has 1 aliphatic carbocycles. The van der Waals surface area contributed by atoms with Gasteiger partial charge in [0.2, 0.25) is 0 Å². The van der Waals surface area contributed by atoms with Crippen LogP contribution >= 0.6 is 0 Å². The van der Waals surface area contributed by atoms with Crippen LogP contribution in [0.5, 0.6) is 0 Å². The summed E-state index contributed by atoms with van der Waals surface area (Å²) in [5.74, 6) is -2.47. The lowest BCUT2D eigenvalue weighted by Crippen LogP contribution is -2.43. The maximum Gasteiger partial charge on any atom is 0.341 e. The van der Waals surface area contributed by atoms with Crippen molar-refractivity contribution in [3.8, 4) is 0 Å². The Morgan fingerprint density at radius 1 is 0.900 bits per heavy atom. The summed E-state index contributed by atoms with van der Waals surface area (Å²) in [7, 11) is 0. The number of carbonyl (C=O) groups excluding carboxylic acids is 2. The van der Waals surface area contributed by atoms with Crippen molar-refractivity contribution in [2.75, 3.05) is 0 Å². The lowest BCUT2D eigenvalue weighted by atomic mass is 9.86. The van der Waals surface area contributed by atoms with Gasteiger partial charge in [0.1, 0.15) is 0 Å². The van der Waals surface area contributed by atoms with E-state index >= 15 is 0 Å². The third kappa shape index (κ3) is 1.93. The molecule has 1 aromatic rings. The van der Waals surface area contributed by atoms with Crippen LogP contribution in [0.15, 0.2) is 48.6 Å². The summed E-state index contributed by atoms with van der Waals surface area (Å²) in [6.07, 6.45) is 1.62. The zero-order valence-corrected chi connectivity index (χ0v) is 11.0. The standard InChI is InChI=1S/C16H14O4/c1-10-3-4-11(2)16(9-10)19-14(17)12-5-6-13(8-7-12)15(18)20-16/h5-8H,1-4,9H2. The zero-order valence-electron chi connectivity index (χ0n) is 11.0. The van der Waals surface area contributed by atoms with E-state index in [1.54, 1.807) is 24.3 Å². The Kier molecular flexibility index (Phi) is 2.74. The first kappa shape index (κ1) is 12.7. The van der Waals surface area contributed by atoms with Crippen LogP contribution < -0.4 is 0 Å². The van der Waals surface area contributed by atoms with Gasteiger partial charge in [0.25, 0.3) is 5.79 Å². The second-order valence-electron chi connectivity index (χ2n) is 5.14. The Hall–Kier alpha value is -2.36. The molecular formula is C16H14O4. The van der Waals surface area contributed by atoms with Crippen molar-refractivity contribution >= 4 is 11.9 Å². The summed E-state index contributed by atoms with van der Waals surface area (Å²) in [5.41, 5.74) is 2.24. The highest BCUT2D eigenvalue weighted by Crippen LogP contribution is 2.40. The molecule has 0 atom stereocenters. The van der Waals surface area contributed by atoms with Crippen molar-refractivity contribution < 1.29 is 19.1 Å². The fourth-order valence-electron chi connectivity index (χ4n) is 2.46. The Balaban J connectivity index is 2.07. The van der Waals surface area contributed by atoms with E-state index in [-0.39, 0.29) is 6.42 Å². The zero-order chi connectivity index (χ0) is 14.3. The maximum absolute atomic E-state index is 12.2. The molecule has 0 aromatic heterocycles. The molecule has 1 spiro atoms. The molecule has 4 heteroatoms. The predicted octanol–water partition coefficient (Wildman–Crippen LogP) is 3.01. The number of esters is 2. The highest BCUT2D eigenvalue weighted by molar-refractivity contribution is 5.95. The maximum atomic E-state index is 12.2. The average molecular weight is 270 g/mol. The van der Waals surface area contributed by atoms with Crippen molar-refractivity contribution in [3.63, 3.8) is 0 Å². The summed E-state index contributed by atoms with van der Waals surface area (Å²) in [6, 6.07) is 6.22. The molecule has 0 saturated heterocycles. The van der Waals surface area contributed by atoms with Crippen molar-refractivity contribution in [1.29, 1.82) is 0 Å². The van der Waals surface area contributed by atoms with E-state index in [9.17, 15) is 9.59 Å². The third-order valence-electron chi connectivity index (χ3n) is 3.67. The van der Waals surface area contributed by atoms with Crippen molar-refractivity contribution in [2.45, 2.75) is 25.0 Å². The smallest absolute Gasteiger partial charge is 0.341 e. The first-order valence-corrected chi connectivity index (χ1v) is 6.42. The predicted molar refractivity (Wildman–Crippen MR) is 72.1 cm³/mol. The Labute approximate surface area is 116 Å². The summed E-state index contributed by atoms with van der Waals surface area (Å²) in [5, 5.41) is 0. The van der Waals surface area contributed by atoms with Crippen LogP contribution in [-0.2, 0) is 9.47 Å². The molecular weight excluding hydrogens is 256 g/mol. The van der Waals surface area contributed by atoms with Crippen LogP contribution in [0, 0.1) is 0 Å². The highest BCUT2D eigenvalue weighted by Gasteiger charge is 2.45. The van der Waals surface area contributed by atoms with Gasteiger partial charge in [-0.1, -0.05) is 18.7 Å². The number of hydrogen-bond donors (Lipinski definition) is 0. The number of benzene rings is 1. The number of carbonyl (C=O) groups is 2. The molecule has 3 aliphatic rings. The average Bonchev–Trinajstić information content (AvgIpc) is 2.49. The molecule has 4 rings (SSSR count). The molecule has 0 N–H and O–H groups in total. The van der Waals surface area contributed by atoms with Crippen molar-refractivity contribution in [2.24, 2.45) is 0 Å². The number of rotatable bonds is 0. The lowest BCUT2D eigenvalue weighted by Gasteiger charge is -2.37. The topological polar surface area (TPSA) is 52.6 Å². The molecule has 1 saturated carbocycles. The monoisotopic (exact) mass is 270 g/mol. The Bertz CT molecular complexity index is 587. The van der Waals surface area contributed by atoms with Crippen molar-refractivity contribution in [3.05, 3.63) is 59.7 Å². The fourth-order valence-corrected chi connectivity index (χ4v) is 2.46. The molecule has 2 heterocycles. The van der Waals surface area contributed by atoms with Gasteiger partial charge in [-0.3, -0.25) is 0 Å². The summed E-state index contributed by atoms with van der Waals surface area (Å²) in [4.78, 5) is 24.3. The van der Waals surface area contributed by atoms with Crippen LogP contribution in [0.25, 0.3) is 0 Å². The largest absolute Gasteiger partial charge is 0.414 e. The van der Waals surface area contributed by atoms with Gasteiger partial charge in [-0.15, -0.1) is 0 Å². The molecule has 2 aliphatic heterocycles. The Morgan fingerprint density at radius 3 is 1.90 bits per heavy atom.